The highest BCUT2D eigenvalue weighted by Crippen LogP contribution is 2.21. The number of rotatable bonds is 6. The van der Waals surface area contributed by atoms with Crippen molar-refractivity contribution >= 4 is 12.0 Å². The van der Waals surface area contributed by atoms with Gasteiger partial charge in [-0.05, 0) is 39.0 Å². The van der Waals surface area contributed by atoms with E-state index in [0.29, 0.717) is 32.5 Å². The Morgan fingerprint density at radius 3 is 2.65 bits per heavy atom. The van der Waals surface area contributed by atoms with E-state index in [2.05, 4.69) is 5.32 Å². The van der Waals surface area contributed by atoms with Crippen LogP contribution in [0.25, 0.3) is 0 Å². The van der Waals surface area contributed by atoms with E-state index in [4.69, 9.17) is 5.11 Å². The van der Waals surface area contributed by atoms with E-state index in [1.165, 1.54) is 0 Å². The molecule has 1 saturated heterocycles. The van der Waals surface area contributed by atoms with Gasteiger partial charge in [0.2, 0.25) is 0 Å². The van der Waals surface area contributed by atoms with Gasteiger partial charge in [-0.2, -0.15) is 0 Å². The summed E-state index contributed by atoms with van der Waals surface area (Å²) in [6, 6.07) is -0.0825. The Kier molecular flexibility index (Phi) is 6.78. The zero-order valence-corrected chi connectivity index (χ0v) is 12.2. The minimum Gasteiger partial charge on any atom is -0.481 e. The second-order valence-electron chi connectivity index (χ2n) is 5.77. The highest BCUT2D eigenvalue weighted by Gasteiger charge is 2.26. The normalized spacial score (nSPS) is 23.2. The average molecular weight is 286 g/mol. The molecule has 6 heteroatoms. The summed E-state index contributed by atoms with van der Waals surface area (Å²) in [7, 11) is 0. The molecular formula is C14H26N2O4. The van der Waals surface area contributed by atoms with Crippen LogP contribution in [0.5, 0.6) is 0 Å². The predicted molar refractivity (Wildman–Crippen MR) is 75.6 cm³/mol. The summed E-state index contributed by atoms with van der Waals surface area (Å²) in [5.41, 5.74) is -0.661. The van der Waals surface area contributed by atoms with E-state index in [1.807, 2.05) is 6.92 Å². The maximum Gasteiger partial charge on any atom is 0.317 e. The van der Waals surface area contributed by atoms with Gasteiger partial charge < -0.3 is 20.4 Å². The number of aliphatic hydroxyl groups is 1. The van der Waals surface area contributed by atoms with Gasteiger partial charge in [-0.25, -0.2) is 4.79 Å². The molecule has 0 bridgehead atoms. The molecule has 1 fully saturated rings. The van der Waals surface area contributed by atoms with Crippen molar-refractivity contribution in [3.63, 3.8) is 0 Å². The number of amides is 2. The minimum atomic E-state index is -0.773. The maximum absolute atomic E-state index is 11.9. The van der Waals surface area contributed by atoms with Gasteiger partial charge in [0.1, 0.15) is 0 Å². The summed E-state index contributed by atoms with van der Waals surface area (Å²) in [5.74, 6) is -0.773. The molecule has 1 unspecified atom stereocenters. The molecule has 1 aliphatic rings. The number of carbonyl (C=O) groups is 2. The average Bonchev–Trinajstić information content (AvgIpc) is 2.54. The number of aliphatic carboxylic acids is 1. The zero-order chi connectivity index (χ0) is 15.0. The van der Waals surface area contributed by atoms with Gasteiger partial charge in [0, 0.05) is 26.1 Å². The molecular weight excluding hydrogens is 260 g/mol. The molecule has 1 rings (SSSR count). The fourth-order valence-corrected chi connectivity index (χ4v) is 2.35. The van der Waals surface area contributed by atoms with Gasteiger partial charge in [-0.3, -0.25) is 4.79 Å². The van der Waals surface area contributed by atoms with Gasteiger partial charge in [-0.1, -0.05) is 6.42 Å². The first-order chi connectivity index (χ1) is 9.41. The van der Waals surface area contributed by atoms with Gasteiger partial charge >= 0.3 is 12.0 Å². The van der Waals surface area contributed by atoms with Gasteiger partial charge in [-0.15, -0.1) is 0 Å². The molecule has 0 spiro atoms. The maximum atomic E-state index is 11.9. The van der Waals surface area contributed by atoms with Crippen LogP contribution in [0.15, 0.2) is 0 Å². The lowest BCUT2D eigenvalue weighted by atomic mass is 9.98. The lowest BCUT2D eigenvalue weighted by Crippen LogP contribution is -2.41. The Morgan fingerprint density at radius 1 is 1.20 bits per heavy atom. The van der Waals surface area contributed by atoms with Crippen LogP contribution in [0.3, 0.4) is 0 Å². The number of urea groups is 1. The Morgan fingerprint density at radius 2 is 1.95 bits per heavy atom. The van der Waals surface area contributed by atoms with Crippen molar-refractivity contribution in [3.8, 4) is 0 Å². The summed E-state index contributed by atoms with van der Waals surface area (Å²) >= 11 is 0. The van der Waals surface area contributed by atoms with E-state index in [9.17, 15) is 14.7 Å². The van der Waals surface area contributed by atoms with Crippen LogP contribution in [0.1, 0.15) is 51.9 Å². The smallest absolute Gasteiger partial charge is 0.317 e. The summed E-state index contributed by atoms with van der Waals surface area (Å²) in [4.78, 5) is 24.0. The second-order valence-corrected chi connectivity index (χ2v) is 5.77. The summed E-state index contributed by atoms with van der Waals surface area (Å²) in [6.45, 7) is 3.65. The number of carboxylic acid groups (broad SMARTS) is 1. The number of hydrogen-bond donors (Lipinski definition) is 3. The third-order valence-electron chi connectivity index (χ3n) is 3.69. The number of nitrogens with zero attached hydrogens (tertiary/aromatic N) is 1. The predicted octanol–water partition coefficient (Wildman–Crippen LogP) is 1.58. The molecule has 0 aromatic heterocycles. The Bertz CT molecular complexity index is 331. The minimum absolute atomic E-state index is 0.0825. The topological polar surface area (TPSA) is 89.9 Å². The van der Waals surface area contributed by atoms with Crippen LogP contribution >= 0.6 is 0 Å². The van der Waals surface area contributed by atoms with Crippen LogP contribution in [0.2, 0.25) is 0 Å². The highest BCUT2D eigenvalue weighted by atomic mass is 16.4. The van der Waals surface area contributed by atoms with Crippen molar-refractivity contribution < 1.29 is 19.8 Å². The second kappa shape index (κ2) is 8.09. The lowest BCUT2D eigenvalue weighted by molar-refractivity contribution is -0.137. The Labute approximate surface area is 120 Å². The lowest BCUT2D eigenvalue weighted by Gasteiger charge is -2.22. The molecule has 1 atom stereocenters. The van der Waals surface area contributed by atoms with Crippen LogP contribution in [-0.2, 0) is 4.79 Å². The Hall–Kier alpha value is -1.30. The largest absolute Gasteiger partial charge is 0.481 e. The van der Waals surface area contributed by atoms with Gasteiger partial charge in [0.25, 0.3) is 0 Å². The Balaban J connectivity index is 2.14. The molecule has 6 nitrogen and oxygen atoms in total. The first-order valence-corrected chi connectivity index (χ1v) is 7.38. The molecule has 2 amide bonds. The summed E-state index contributed by atoms with van der Waals surface area (Å²) in [5, 5.41) is 21.3. The molecule has 0 radical (unpaired) electrons. The van der Waals surface area contributed by atoms with Crippen molar-refractivity contribution in [2.75, 3.05) is 19.6 Å². The quantitative estimate of drug-likeness (QED) is 0.647. The van der Waals surface area contributed by atoms with E-state index in [1.54, 1.807) is 4.90 Å². The zero-order valence-electron chi connectivity index (χ0n) is 12.2. The fraction of sp³-hybridized carbons (Fsp3) is 0.857. The van der Waals surface area contributed by atoms with E-state index in [0.717, 1.165) is 25.7 Å². The first-order valence-electron chi connectivity index (χ1n) is 7.38. The third kappa shape index (κ3) is 6.75. The van der Waals surface area contributed by atoms with Crippen molar-refractivity contribution in [3.05, 3.63) is 0 Å². The highest BCUT2D eigenvalue weighted by molar-refractivity contribution is 5.74. The molecule has 0 saturated carbocycles. The van der Waals surface area contributed by atoms with Gasteiger partial charge in [0.15, 0.2) is 0 Å². The van der Waals surface area contributed by atoms with E-state index < -0.39 is 11.6 Å². The standard InChI is InChI=1S/C14H26N2O4/c1-14(20)7-5-10-16(11-8-14)13(19)15-9-4-2-3-6-12(17)18/h20H,2-11H2,1H3,(H,15,19)(H,17,18). The molecule has 20 heavy (non-hydrogen) atoms. The SMILES string of the molecule is CC1(O)CCCN(C(=O)NCCCCCC(=O)O)CC1. The summed E-state index contributed by atoms with van der Waals surface area (Å²) in [6.07, 6.45) is 4.60. The first kappa shape index (κ1) is 16.8. The number of hydrogen-bond acceptors (Lipinski definition) is 3. The fourth-order valence-electron chi connectivity index (χ4n) is 2.35. The van der Waals surface area contributed by atoms with Crippen LogP contribution in [0, 0.1) is 0 Å². The molecule has 3 N–H and O–H groups in total. The number of carbonyl (C=O) groups excluding carboxylic acids is 1. The molecule has 0 aliphatic carbocycles. The van der Waals surface area contributed by atoms with Crippen molar-refractivity contribution in [2.24, 2.45) is 0 Å². The van der Waals surface area contributed by atoms with Crippen molar-refractivity contribution in [1.82, 2.24) is 10.2 Å². The number of carboxylic acids is 1. The molecule has 0 aromatic rings. The molecule has 1 heterocycles. The number of likely N-dealkylation sites (tertiary alicyclic amines) is 1. The summed E-state index contributed by atoms with van der Waals surface area (Å²) < 4.78 is 0. The van der Waals surface area contributed by atoms with Crippen LogP contribution < -0.4 is 5.32 Å². The van der Waals surface area contributed by atoms with Crippen LogP contribution in [-0.4, -0.2) is 52.3 Å². The molecule has 116 valence electrons. The van der Waals surface area contributed by atoms with Crippen molar-refractivity contribution in [2.45, 2.75) is 57.5 Å². The van der Waals surface area contributed by atoms with Crippen LogP contribution in [0.4, 0.5) is 4.79 Å². The monoisotopic (exact) mass is 286 g/mol. The number of nitrogens with one attached hydrogen (secondary N) is 1. The van der Waals surface area contributed by atoms with E-state index >= 15 is 0 Å². The molecule has 0 aromatic carbocycles. The van der Waals surface area contributed by atoms with E-state index in [-0.39, 0.29) is 12.5 Å². The number of unbranched alkanes of at least 4 members (excludes halogenated alkanes) is 2. The third-order valence-corrected chi connectivity index (χ3v) is 3.69. The van der Waals surface area contributed by atoms with Crippen molar-refractivity contribution in [1.29, 1.82) is 0 Å². The molecule has 1 aliphatic heterocycles. The van der Waals surface area contributed by atoms with Gasteiger partial charge in [0.05, 0.1) is 5.60 Å².